The minimum atomic E-state index is 0.444. The van der Waals surface area contributed by atoms with E-state index < -0.39 is 0 Å². The Morgan fingerprint density at radius 2 is 1.82 bits per heavy atom. The Morgan fingerprint density at radius 3 is 2.24 bits per heavy atom. The minimum absolute atomic E-state index is 0.444. The fourth-order valence-corrected chi connectivity index (χ4v) is 2.20. The second-order valence-electron chi connectivity index (χ2n) is 6.81. The van der Waals surface area contributed by atoms with Crippen LogP contribution in [0, 0.1) is 17.8 Å². The van der Waals surface area contributed by atoms with E-state index in [1.54, 1.807) is 0 Å². The van der Waals surface area contributed by atoms with Crippen LogP contribution >= 0.6 is 0 Å². The van der Waals surface area contributed by atoms with Gasteiger partial charge in [-0.25, -0.2) is 0 Å². The van der Waals surface area contributed by atoms with Gasteiger partial charge in [-0.2, -0.15) is 0 Å². The maximum atomic E-state index is 4.04. The van der Waals surface area contributed by atoms with Gasteiger partial charge in [0.2, 0.25) is 0 Å². The summed E-state index contributed by atoms with van der Waals surface area (Å²) >= 11 is 0. The van der Waals surface area contributed by atoms with Crippen molar-refractivity contribution >= 4 is 7.85 Å². The summed E-state index contributed by atoms with van der Waals surface area (Å²) in [5.41, 5.74) is 1.18. The number of hydrogen-bond acceptors (Lipinski definition) is 0. The average molecular weight is 234 g/mol. The molecule has 0 fully saturated rings. The molecular formula is C16H31B. The fourth-order valence-electron chi connectivity index (χ4n) is 2.20. The molecule has 0 heterocycles. The molecule has 98 valence electrons. The maximum Gasteiger partial charge on any atom is 0.109 e. The lowest BCUT2D eigenvalue weighted by Gasteiger charge is -2.31. The third kappa shape index (κ3) is 6.76. The van der Waals surface area contributed by atoms with Crippen molar-refractivity contribution < 1.29 is 0 Å². The molecule has 17 heavy (non-hydrogen) atoms. The molecule has 0 saturated heterocycles. The first kappa shape index (κ1) is 16.5. The van der Waals surface area contributed by atoms with Crippen LogP contribution in [-0.2, 0) is 0 Å². The molecule has 3 atom stereocenters. The van der Waals surface area contributed by atoms with E-state index in [-0.39, 0.29) is 0 Å². The molecule has 0 aliphatic heterocycles. The van der Waals surface area contributed by atoms with Crippen molar-refractivity contribution in [1.29, 1.82) is 0 Å². The van der Waals surface area contributed by atoms with Gasteiger partial charge in [-0.3, -0.25) is 0 Å². The average Bonchev–Trinajstić information content (AvgIpc) is 2.24. The third-order valence-corrected chi connectivity index (χ3v) is 4.16. The van der Waals surface area contributed by atoms with Crippen LogP contribution < -0.4 is 0 Å². The van der Waals surface area contributed by atoms with Crippen molar-refractivity contribution in [3.63, 3.8) is 0 Å². The van der Waals surface area contributed by atoms with Gasteiger partial charge in [-0.1, -0.05) is 77.6 Å². The van der Waals surface area contributed by atoms with E-state index in [0.29, 0.717) is 11.2 Å². The highest BCUT2D eigenvalue weighted by molar-refractivity contribution is 6.14. The van der Waals surface area contributed by atoms with Crippen LogP contribution in [0.15, 0.2) is 24.8 Å². The number of rotatable bonds is 8. The molecule has 0 amide bonds. The van der Waals surface area contributed by atoms with Gasteiger partial charge in [-0.15, -0.1) is 0 Å². The fraction of sp³-hybridized carbons (Fsp3) is 0.750. The van der Waals surface area contributed by atoms with E-state index in [4.69, 9.17) is 0 Å². The highest BCUT2D eigenvalue weighted by Crippen LogP contribution is 2.38. The zero-order chi connectivity index (χ0) is 13.6. The molecular weight excluding hydrogens is 203 g/mol. The largest absolute Gasteiger partial charge is 0.109 e. The van der Waals surface area contributed by atoms with Crippen molar-refractivity contribution in [2.24, 2.45) is 17.8 Å². The van der Waals surface area contributed by atoms with Gasteiger partial charge in [0, 0.05) is 0 Å². The monoisotopic (exact) mass is 234 g/mol. The van der Waals surface area contributed by atoms with Crippen LogP contribution in [0.25, 0.3) is 0 Å². The molecule has 0 radical (unpaired) electrons. The Hall–Kier alpha value is -0.455. The van der Waals surface area contributed by atoms with E-state index >= 15 is 0 Å². The lowest BCUT2D eigenvalue weighted by Crippen LogP contribution is -2.17. The van der Waals surface area contributed by atoms with Gasteiger partial charge in [-0.05, 0) is 24.2 Å². The summed E-state index contributed by atoms with van der Waals surface area (Å²) in [7, 11) is 2.40. The lowest BCUT2D eigenvalue weighted by molar-refractivity contribution is 0.323. The molecule has 0 nitrogen and oxygen atoms in total. The summed E-state index contributed by atoms with van der Waals surface area (Å²) in [5, 5.41) is 0.444. The van der Waals surface area contributed by atoms with Crippen molar-refractivity contribution in [3.05, 3.63) is 24.8 Å². The molecule has 0 rings (SSSR count). The summed E-state index contributed by atoms with van der Waals surface area (Å²) < 4.78 is 0. The van der Waals surface area contributed by atoms with Crippen LogP contribution in [-0.4, -0.2) is 7.85 Å². The summed E-state index contributed by atoms with van der Waals surface area (Å²) in [5.74, 6) is 2.17. The van der Waals surface area contributed by atoms with Gasteiger partial charge in [0.25, 0.3) is 0 Å². The van der Waals surface area contributed by atoms with Crippen LogP contribution in [0.4, 0.5) is 0 Å². The van der Waals surface area contributed by atoms with Crippen LogP contribution in [0.2, 0.25) is 5.31 Å². The first-order chi connectivity index (χ1) is 7.69. The topological polar surface area (TPSA) is 0 Å². The van der Waals surface area contributed by atoms with Crippen LogP contribution in [0.1, 0.15) is 53.9 Å². The summed E-state index contributed by atoms with van der Waals surface area (Å²) in [6.45, 7) is 19.5. The molecule has 0 aromatic heterocycles. The predicted octanol–water partition coefficient (Wildman–Crippen LogP) is 4.64. The molecule has 0 aromatic rings. The standard InChI is InChI=1S/C16H31B/c1-8-13(4)14(5)9-10-16(7,17)11-15(6)12(2)3/h8,12,14-15H,1,4,9-11,17H2,2-3,5-7H3. The molecule has 0 aromatic carbocycles. The van der Waals surface area contributed by atoms with E-state index in [1.807, 2.05) is 6.08 Å². The second kappa shape index (κ2) is 7.08. The predicted molar refractivity (Wildman–Crippen MR) is 83.3 cm³/mol. The Kier molecular flexibility index (Phi) is 6.90. The van der Waals surface area contributed by atoms with Gasteiger partial charge in [0.05, 0.1) is 0 Å². The summed E-state index contributed by atoms with van der Waals surface area (Å²) in [4.78, 5) is 0. The normalized spacial score (nSPS) is 18.5. The quantitative estimate of drug-likeness (QED) is 0.424. The summed E-state index contributed by atoms with van der Waals surface area (Å²) in [6, 6.07) is 0. The Balaban J connectivity index is 4.17. The van der Waals surface area contributed by atoms with Crippen molar-refractivity contribution in [1.82, 2.24) is 0 Å². The Labute approximate surface area is 110 Å². The van der Waals surface area contributed by atoms with E-state index in [9.17, 15) is 0 Å². The summed E-state index contributed by atoms with van der Waals surface area (Å²) in [6.07, 6.45) is 5.72. The van der Waals surface area contributed by atoms with Gasteiger partial charge in [0.1, 0.15) is 7.85 Å². The third-order valence-electron chi connectivity index (χ3n) is 4.16. The molecule has 3 unspecified atom stereocenters. The number of hydrogen-bond donors (Lipinski definition) is 0. The van der Waals surface area contributed by atoms with Crippen molar-refractivity contribution in [2.75, 3.05) is 0 Å². The molecule has 0 aliphatic carbocycles. The van der Waals surface area contributed by atoms with Crippen LogP contribution in [0.3, 0.4) is 0 Å². The molecule has 0 N–H and O–H groups in total. The van der Waals surface area contributed by atoms with Gasteiger partial charge in [0.15, 0.2) is 0 Å². The lowest BCUT2D eigenvalue weighted by atomic mass is 9.61. The maximum absolute atomic E-state index is 4.04. The molecule has 0 saturated carbocycles. The van der Waals surface area contributed by atoms with Gasteiger partial charge < -0.3 is 0 Å². The van der Waals surface area contributed by atoms with Gasteiger partial charge >= 0.3 is 0 Å². The second-order valence-corrected chi connectivity index (χ2v) is 6.81. The first-order valence-corrected chi connectivity index (χ1v) is 7.01. The highest BCUT2D eigenvalue weighted by atomic mass is 14.2. The molecule has 1 heteroatoms. The SMILES string of the molecule is BC(C)(CCC(C)C(=C)C=C)CC(C)C(C)C. The Bertz CT molecular complexity index is 250. The van der Waals surface area contributed by atoms with E-state index in [2.05, 4.69) is 55.6 Å². The van der Waals surface area contributed by atoms with E-state index in [0.717, 1.165) is 11.8 Å². The molecule has 0 spiro atoms. The first-order valence-electron chi connectivity index (χ1n) is 7.01. The Morgan fingerprint density at radius 1 is 1.29 bits per heavy atom. The highest BCUT2D eigenvalue weighted by Gasteiger charge is 2.23. The zero-order valence-corrected chi connectivity index (χ0v) is 12.8. The van der Waals surface area contributed by atoms with E-state index in [1.165, 1.54) is 24.8 Å². The molecule has 0 bridgehead atoms. The smallest absolute Gasteiger partial charge is 0.0988 e. The van der Waals surface area contributed by atoms with Crippen molar-refractivity contribution in [3.8, 4) is 0 Å². The zero-order valence-electron chi connectivity index (χ0n) is 12.8. The van der Waals surface area contributed by atoms with Crippen molar-refractivity contribution in [2.45, 2.75) is 59.2 Å². The number of allylic oxidation sites excluding steroid dienone is 2. The van der Waals surface area contributed by atoms with Crippen LogP contribution in [0.5, 0.6) is 0 Å². The molecule has 0 aliphatic rings. The minimum Gasteiger partial charge on any atom is -0.0988 e.